The number of anilines is 1. The van der Waals surface area contributed by atoms with Gasteiger partial charge in [0.05, 0.1) is 11.8 Å². The molecule has 2 heterocycles. The van der Waals surface area contributed by atoms with E-state index in [4.69, 9.17) is 4.42 Å². The number of benzene rings is 2. The second-order valence-corrected chi connectivity index (χ2v) is 7.00. The lowest BCUT2D eigenvalue weighted by Crippen LogP contribution is -2.23. The molecular formula is C23H18F2N4O3. The molecule has 4 rings (SSSR count). The van der Waals surface area contributed by atoms with Crippen LogP contribution < -0.4 is 10.6 Å². The van der Waals surface area contributed by atoms with Gasteiger partial charge in [0.15, 0.2) is 5.76 Å². The Labute approximate surface area is 181 Å². The maximum atomic E-state index is 14.2. The number of nitrogens with one attached hydrogen (secondary N) is 2. The minimum Gasteiger partial charge on any atom is -0.459 e. The summed E-state index contributed by atoms with van der Waals surface area (Å²) in [5.41, 5.74) is 1.56. The van der Waals surface area contributed by atoms with Crippen molar-refractivity contribution in [1.29, 1.82) is 0 Å². The summed E-state index contributed by atoms with van der Waals surface area (Å²) in [6.07, 6.45) is 2.87. The molecule has 162 valence electrons. The van der Waals surface area contributed by atoms with E-state index in [0.29, 0.717) is 5.69 Å². The lowest BCUT2D eigenvalue weighted by atomic mass is 10.1. The monoisotopic (exact) mass is 436 g/mol. The average Bonchev–Trinajstić information content (AvgIpc) is 3.42. The van der Waals surface area contributed by atoms with E-state index in [1.807, 2.05) is 0 Å². The maximum Gasteiger partial charge on any atom is 0.291 e. The zero-order valence-electron chi connectivity index (χ0n) is 16.9. The molecule has 2 amide bonds. The van der Waals surface area contributed by atoms with E-state index in [0.717, 1.165) is 17.7 Å². The van der Waals surface area contributed by atoms with Crippen molar-refractivity contribution >= 4 is 17.5 Å². The highest BCUT2D eigenvalue weighted by Gasteiger charge is 2.20. The number of hydrogen-bond acceptors (Lipinski definition) is 4. The number of carbonyl (C=O) groups is 2. The molecule has 2 aromatic carbocycles. The third-order valence-electron chi connectivity index (χ3n) is 4.64. The van der Waals surface area contributed by atoms with E-state index >= 15 is 0 Å². The van der Waals surface area contributed by atoms with Gasteiger partial charge < -0.3 is 15.1 Å². The van der Waals surface area contributed by atoms with Crippen LogP contribution in [0.25, 0.3) is 11.3 Å². The van der Waals surface area contributed by atoms with Crippen LogP contribution in [-0.2, 0) is 13.6 Å². The number of carbonyl (C=O) groups excluding carboxylic acids is 2. The topological polar surface area (TPSA) is 89.2 Å². The minimum atomic E-state index is -0.808. The van der Waals surface area contributed by atoms with Crippen LogP contribution in [0.4, 0.5) is 14.5 Å². The van der Waals surface area contributed by atoms with Crippen LogP contribution >= 0.6 is 0 Å². The molecule has 2 N–H and O–H groups in total. The molecule has 4 aromatic rings. The van der Waals surface area contributed by atoms with Gasteiger partial charge in [0, 0.05) is 37.1 Å². The minimum absolute atomic E-state index is 0.0276. The molecule has 0 aliphatic carbocycles. The van der Waals surface area contributed by atoms with Gasteiger partial charge in [-0.25, -0.2) is 8.78 Å². The van der Waals surface area contributed by atoms with Gasteiger partial charge >= 0.3 is 0 Å². The first-order chi connectivity index (χ1) is 15.4. The number of amides is 2. The normalized spacial score (nSPS) is 10.7. The predicted octanol–water partition coefficient (Wildman–Crippen LogP) is 4.14. The maximum absolute atomic E-state index is 14.2. The summed E-state index contributed by atoms with van der Waals surface area (Å²) >= 11 is 0. The average molecular weight is 436 g/mol. The fraction of sp³-hybridized carbons (Fsp3) is 0.0870. The van der Waals surface area contributed by atoms with Crippen molar-refractivity contribution in [2.24, 2.45) is 7.05 Å². The number of aryl methyl sites for hydroxylation is 1. The van der Waals surface area contributed by atoms with Crippen LogP contribution in [0.2, 0.25) is 0 Å². The van der Waals surface area contributed by atoms with Crippen molar-refractivity contribution in [3.63, 3.8) is 0 Å². The van der Waals surface area contributed by atoms with Gasteiger partial charge in [0.2, 0.25) is 0 Å². The Morgan fingerprint density at radius 1 is 1.06 bits per heavy atom. The summed E-state index contributed by atoms with van der Waals surface area (Å²) in [4.78, 5) is 24.9. The Bertz CT molecular complexity index is 1280. The van der Waals surface area contributed by atoms with Gasteiger partial charge in [-0.15, -0.1) is 0 Å². The molecule has 0 spiro atoms. The van der Waals surface area contributed by atoms with Crippen LogP contribution in [0.5, 0.6) is 0 Å². The third kappa shape index (κ3) is 4.56. The number of aromatic nitrogens is 2. The number of rotatable bonds is 6. The fourth-order valence-corrected chi connectivity index (χ4v) is 3.17. The quantitative estimate of drug-likeness (QED) is 0.476. The lowest BCUT2D eigenvalue weighted by Gasteiger charge is -2.09. The van der Waals surface area contributed by atoms with Crippen LogP contribution in [0.1, 0.15) is 26.5 Å². The highest BCUT2D eigenvalue weighted by molar-refractivity contribution is 6.02. The summed E-state index contributed by atoms with van der Waals surface area (Å²) in [6.45, 7) is 0.156. The van der Waals surface area contributed by atoms with E-state index in [1.165, 1.54) is 23.2 Å². The molecule has 2 aromatic heterocycles. The molecular weight excluding hydrogens is 418 g/mol. The van der Waals surface area contributed by atoms with Crippen molar-refractivity contribution < 1.29 is 22.8 Å². The predicted molar refractivity (Wildman–Crippen MR) is 113 cm³/mol. The zero-order valence-corrected chi connectivity index (χ0v) is 16.9. The zero-order chi connectivity index (χ0) is 22.7. The van der Waals surface area contributed by atoms with E-state index in [1.54, 1.807) is 43.4 Å². The van der Waals surface area contributed by atoms with Crippen LogP contribution in [0.3, 0.4) is 0 Å². The Hall–Kier alpha value is -4.27. The van der Waals surface area contributed by atoms with Gasteiger partial charge in [-0.05, 0) is 42.0 Å². The largest absolute Gasteiger partial charge is 0.459 e. The van der Waals surface area contributed by atoms with E-state index in [2.05, 4.69) is 15.7 Å². The van der Waals surface area contributed by atoms with Crippen molar-refractivity contribution in [2.45, 2.75) is 6.54 Å². The standard InChI is InChI=1S/C23H18F2N4O3/c1-29-13-18(21(28-29)17-8-7-15(24)11-19(17)25)22(30)26-12-14-4-2-5-16(10-14)27-23(31)20-6-3-9-32-20/h2-11,13H,12H2,1H3,(H,26,30)(H,27,31). The first kappa shape index (κ1) is 21.0. The highest BCUT2D eigenvalue weighted by atomic mass is 19.1. The molecule has 0 aliphatic rings. The van der Waals surface area contributed by atoms with E-state index < -0.39 is 23.4 Å². The number of hydrogen-bond donors (Lipinski definition) is 2. The SMILES string of the molecule is Cn1cc(C(=O)NCc2cccc(NC(=O)c3ccco3)c2)c(-c2ccc(F)cc2F)n1. The summed E-state index contributed by atoms with van der Waals surface area (Å²) in [7, 11) is 1.60. The van der Waals surface area contributed by atoms with Crippen molar-refractivity contribution in [3.05, 3.63) is 95.6 Å². The molecule has 0 bridgehead atoms. The Morgan fingerprint density at radius 3 is 2.66 bits per heavy atom. The van der Waals surface area contributed by atoms with Crippen LogP contribution in [-0.4, -0.2) is 21.6 Å². The molecule has 0 aliphatic heterocycles. The first-order valence-electron chi connectivity index (χ1n) is 9.62. The van der Waals surface area contributed by atoms with Crippen LogP contribution in [0.15, 0.2) is 71.5 Å². The Balaban J connectivity index is 1.47. The highest BCUT2D eigenvalue weighted by Crippen LogP contribution is 2.25. The molecule has 32 heavy (non-hydrogen) atoms. The molecule has 7 nitrogen and oxygen atoms in total. The van der Waals surface area contributed by atoms with Gasteiger partial charge in [-0.2, -0.15) is 5.10 Å². The van der Waals surface area contributed by atoms with Crippen molar-refractivity contribution in [3.8, 4) is 11.3 Å². The Morgan fingerprint density at radius 2 is 1.91 bits per heavy atom. The second kappa shape index (κ2) is 8.84. The molecule has 0 saturated heterocycles. The van der Waals surface area contributed by atoms with Crippen molar-refractivity contribution in [2.75, 3.05) is 5.32 Å². The fourth-order valence-electron chi connectivity index (χ4n) is 3.17. The molecule has 0 saturated carbocycles. The molecule has 0 radical (unpaired) electrons. The number of halogens is 2. The third-order valence-corrected chi connectivity index (χ3v) is 4.64. The Kier molecular flexibility index (Phi) is 5.80. The van der Waals surface area contributed by atoms with Gasteiger partial charge in [0.25, 0.3) is 11.8 Å². The molecule has 0 fully saturated rings. The summed E-state index contributed by atoms with van der Waals surface area (Å²) in [5, 5.41) is 9.63. The van der Waals surface area contributed by atoms with Gasteiger partial charge in [-0.3, -0.25) is 14.3 Å². The van der Waals surface area contributed by atoms with Gasteiger partial charge in [0.1, 0.15) is 17.3 Å². The van der Waals surface area contributed by atoms with E-state index in [-0.39, 0.29) is 29.1 Å². The summed E-state index contributed by atoms with van der Waals surface area (Å²) < 4.78 is 33.9. The number of furan rings is 1. The molecule has 0 atom stereocenters. The summed E-state index contributed by atoms with van der Waals surface area (Å²) in [6, 6.07) is 13.2. The van der Waals surface area contributed by atoms with Crippen LogP contribution in [0, 0.1) is 11.6 Å². The van der Waals surface area contributed by atoms with Gasteiger partial charge in [-0.1, -0.05) is 12.1 Å². The lowest BCUT2D eigenvalue weighted by molar-refractivity contribution is 0.0950. The number of nitrogens with zero attached hydrogens (tertiary/aromatic N) is 2. The van der Waals surface area contributed by atoms with E-state index in [9.17, 15) is 18.4 Å². The molecule has 9 heteroatoms. The smallest absolute Gasteiger partial charge is 0.291 e. The first-order valence-corrected chi connectivity index (χ1v) is 9.62. The van der Waals surface area contributed by atoms with Crippen molar-refractivity contribution in [1.82, 2.24) is 15.1 Å². The second-order valence-electron chi connectivity index (χ2n) is 7.00. The molecule has 0 unspecified atom stereocenters. The summed E-state index contributed by atoms with van der Waals surface area (Å²) in [5.74, 6) is -2.20.